The Labute approximate surface area is 243 Å². The highest BCUT2D eigenvalue weighted by atomic mass is 19.4. The second-order valence-electron chi connectivity index (χ2n) is 10.2. The highest BCUT2D eigenvalue weighted by Crippen LogP contribution is 2.42. The number of alkyl halides is 6. The van der Waals surface area contributed by atoms with Crippen LogP contribution >= 0.6 is 0 Å². The van der Waals surface area contributed by atoms with Crippen LogP contribution in [0.5, 0.6) is 0 Å². The predicted octanol–water partition coefficient (Wildman–Crippen LogP) is 9.57. The molecular weight excluding hydrogens is 570 g/mol. The summed E-state index contributed by atoms with van der Waals surface area (Å²) in [6, 6.07) is 13.8. The molecule has 0 aliphatic carbocycles. The zero-order valence-corrected chi connectivity index (χ0v) is 23.8. The number of hydrogen-bond acceptors (Lipinski definition) is 2. The van der Waals surface area contributed by atoms with Gasteiger partial charge in [0.25, 0.3) is 11.8 Å². The van der Waals surface area contributed by atoms with Crippen LogP contribution in [0.25, 0.3) is 27.5 Å². The number of aromatic nitrogens is 1. The minimum Gasteiger partial charge on any atom is -0.308 e. The minimum absolute atomic E-state index is 0.00970. The second-order valence-corrected chi connectivity index (χ2v) is 10.2. The van der Waals surface area contributed by atoms with Crippen LogP contribution < -0.4 is 4.90 Å². The highest BCUT2D eigenvalue weighted by Gasteiger charge is 2.41. The van der Waals surface area contributed by atoms with Gasteiger partial charge in [-0.05, 0) is 80.4 Å². The third-order valence-electron chi connectivity index (χ3n) is 7.41. The van der Waals surface area contributed by atoms with Crippen LogP contribution in [0, 0.1) is 20.8 Å². The monoisotopic (exact) mass is 596 g/mol. The Morgan fingerprint density at radius 3 is 1.58 bits per heavy atom. The summed E-state index contributed by atoms with van der Waals surface area (Å²) in [6.07, 6.45) is -9.46. The lowest BCUT2D eigenvalue weighted by Gasteiger charge is -2.20. The van der Waals surface area contributed by atoms with Crippen molar-refractivity contribution in [3.05, 3.63) is 106 Å². The van der Waals surface area contributed by atoms with E-state index >= 15 is 0 Å². The van der Waals surface area contributed by atoms with E-state index in [2.05, 4.69) is 0 Å². The average molecular weight is 597 g/mol. The zero-order valence-electron chi connectivity index (χ0n) is 23.8. The van der Waals surface area contributed by atoms with Crippen molar-refractivity contribution in [2.24, 2.45) is 0 Å². The summed E-state index contributed by atoms with van der Waals surface area (Å²) >= 11 is 0. The van der Waals surface area contributed by atoms with Gasteiger partial charge in [-0.3, -0.25) is 9.59 Å². The van der Waals surface area contributed by atoms with Gasteiger partial charge < -0.3 is 4.57 Å². The lowest BCUT2D eigenvalue weighted by Crippen LogP contribution is -2.31. The van der Waals surface area contributed by atoms with Crippen LogP contribution in [-0.2, 0) is 12.4 Å². The van der Waals surface area contributed by atoms with E-state index in [-0.39, 0.29) is 38.6 Å². The maximum absolute atomic E-state index is 14.0. The van der Waals surface area contributed by atoms with Crippen molar-refractivity contribution in [3.8, 4) is 5.69 Å². The molecule has 6 rings (SSSR count). The molecule has 0 saturated heterocycles. The van der Waals surface area contributed by atoms with Crippen molar-refractivity contribution in [3.63, 3.8) is 0 Å². The maximum atomic E-state index is 14.0. The molecule has 0 bridgehead atoms. The van der Waals surface area contributed by atoms with Crippen molar-refractivity contribution < 1.29 is 35.9 Å². The SMILES string of the molecule is CC.Cc1cc(C)c(N2C(=O)c3cccc(-n4c5ccc(C(F)(F)F)cc5c5cc(C(F)(F)F)ccc54)c3C2=O)c(C)c1. The number of benzene rings is 4. The Kier molecular flexibility index (Phi) is 7.15. The van der Waals surface area contributed by atoms with Crippen molar-refractivity contribution >= 4 is 39.3 Å². The summed E-state index contributed by atoms with van der Waals surface area (Å²) < 4.78 is 83.1. The Balaban J connectivity index is 0.00000180. The Morgan fingerprint density at radius 2 is 1.12 bits per heavy atom. The molecule has 0 N–H and O–H groups in total. The van der Waals surface area contributed by atoms with Gasteiger partial charge in [-0.15, -0.1) is 0 Å². The number of halogens is 6. The topological polar surface area (TPSA) is 42.3 Å². The fraction of sp³-hybridized carbons (Fsp3) is 0.212. The van der Waals surface area contributed by atoms with E-state index in [1.54, 1.807) is 13.8 Å². The van der Waals surface area contributed by atoms with Gasteiger partial charge in [0.2, 0.25) is 0 Å². The van der Waals surface area contributed by atoms with Gasteiger partial charge >= 0.3 is 12.4 Å². The van der Waals surface area contributed by atoms with Crippen LogP contribution in [0.2, 0.25) is 0 Å². The molecule has 2 amide bonds. The van der Waals surface area contributed by atoms with Crippen molar-refractivity contribution in [2.75, 3.05) is 4.90 Å². The summed E-state index contributed by atoms with van der Waals surface area (Å²) in [5.41, 5.74) is 1.31. The molecule has 0 saturated carbocycles. The number of imide groups is 1. The molecule has 4 nitrogen and oxygen atoms in total. The molecule has 0 unspecified atom stereocenters. The molecular formula is C33H26F6N2O2. The van der Waals surface area contributed by atoms with E-state index in [0.717, 1.165) is 46.9 Å². The summed E-state index contributed by atoms with van der Waals surface area (Å²) in [7, 11) is 0. The fourth-order valence-electron chi connectivity index (χ4n) is 5.82. The molecule has 4 aromatic carbocycles. The van der Waals surface area contributed by atoms with E-state index < -0.39 is 35.3 Å². The van der Waals surface area contributed by atoms with Gasteiger partial charge in [0.1, 0.15) is 0 Å². The second kappa shape index (κ2) is 10.3. The van der Waals surface area contributed by atoms with Gasteiger partial charge in [-0.2, -0.15) is 26.3 Å². The molecule has 222 valence electrons. The maximum Gasteiger partial charge on any atom is 0.416 e. The molecule has 5 aromatic rings. The molecule has 0 atom stereocenters. The Bertz CT molecular complexity index is 1860. The molecule has 0 radical (unpaired) electrons. The van der Waals surface area contributed by atoms with Gasteiger partial charge in [0.15, 0.2) is 0 Å². The number of fused-ring (bicyclic) bond motifs is 4. The van der Waals surface area contributed by atoms with Gasteiger partial charge in [0, 0.05) is 10.8 Å². The first-order chi connectivity index (χ1) is 20.2. The van der Waals surface area contributed by atoms with E-state index in [4.69, 9.17) is 0 Å². The van der Waals surface area contributed by atoms with Gasteiger partial charge in [-0.1, -0.05) is 37.6 Å². The first-order valence-corrected chi connectivity index (χ1v) is 13.5. The van der Waals surface area contributed by atoms with E-state index in [9.17, 15) is 35.9 Å². The van der Waals surface area contributed by atoms with Gasteiger partial charge in [-0.25, -0.2) is 4.90 Å². The first kappa shape index (κ1) is 29.9. The third-order valence-corrected chi connectivity index (χ3v) is 7.41. The molecule has 43 heavy (non-hydrogen) atoms. The quantitative estimate of drug-likeness (QED) is 0.150. The number of aryl methyl sites for hydroxylation is 3. The average Bonchev–Trinajstić information content (AvgIpc) is 3.39. The molecule has 0 fully saturated rings. The number of nitrogens with zero attached hydrogens (tertiary/aromatic N) is 2. The summed E-state index contributed by atoms with van der Waals surface area (Å²) in [5, 5.41) is -0.144. The summed E-state index contributed by atoms with van der Waals surface area (Å²) in [6.45, 7) is 9.45. The molecule has 2 heterocycles. The van der Waals surface area contributed by atoms with E-state index in [1.165, 1.54) is 22.8 Å². The predicted molar refractivity (Wildman–Crippen MR) is 154 cm³/mol. The number of carbonyl (C=O) groups is 2. The number of anilines is 1. The van der Waals surface area contributed by atoms with Crippen LogP contribution in [-0.4, -0.2) is 16.4 Å². The van der Waals surface area contributed by atoms with Crippen molar-refractivity contribution in [1.82, 2.24) is 4.57 Å². The largest absolute Gasteiger partial charge is 0.416 e. The van der Waals surface area contributed by atoms with Crippen LogP contribution in [0.4, 0.5) is 32.0 Å². The van der Waals surface area contributed by atoms with E-state index in [0.29, 0.717) is 16.8 Å². The number of hydrogen-bond donors (Lipinski definition) is 0. The number of amides is 2. The van der Waals surface area contributed by atoms with Crippen molar-refractivity contribution in [2.45, 2.75) is 47.0 Å². The zero-order chi connectivity index (χ0) is 31.6. The molecule has 1 aromatic heterocycles. The minimum atomic E-state index is -4.73. The molecule has 1 aliphatic rings. The smallest absolute Gasteiger partial charge is 0.308 e. The van der Waals surface area contributed by atoms with Crippen LogP contribution in [0.15, 0.2) is 66.7 Å². The van der Waals surface area contributed by atoms with Crippen LogP contribution in [0.3, 0.4) is 0 Å². The number of rotatable bonds is 2. The molecule has 0 spiro atoms. The molecule has 1 aliphatic heterocycles. The van der Waals surface area contributed by atoms with Gasteiger partial charge in [0.05, 0.1) is 44.7 Å². The normalized spacial score (nSPS) is 13.5. The van der Waals surface area contributed by atoms with Crippen LogP contribution in [0.1, 0.15) is 62.4 Å². The lowest BCUT2D eigenvalue weighted by molar-refractivity contribution is -0.138. The summed E-state index contributed by atoms with van der Waals surface area (Å²) in [4.78, 5) is 28.6. The van der Waals surface area contributed by atoms with Crippen molar-refractivity contribution in [1.29, 1.82) is 0 Å². The standard InChI is InChI=1S/C31H20F6N2O2.C2H6/c1-15-11-16(2)27(17(3)12-15)39-28(40)20-5-4-6-25(26(20)29(39)41)38-23-9-7-18(30(32,33)34)13-21(23)22-14-19(31(35,36)37)8-10-24(22)38;1-2/h4-14H,1-3H3;1-2H3. The Hall–Kier alpha value is -4.60. The van der Waals surface area contributed by atoms with E-state index in [1.807, 2.05) is 32.9 Å². The molecule has 10 heteroatoms. The summed E-state index contributed by atoms with van der Waals surface area (Å²) in [5.74, 6) is -1.20. The first-order valence-electron chi connectivity index (χ1n) is 13.5. The lowest BCUT2D eigenvalue weighted by atomic mass is 10.0. The third kappa shape index (κ3) is 4.74. The Morgan fingerprint density at radius 1 is 0.628 bits per heavy atom. The fourth-order valence-corrected chi connectivity index (χ4v) is 5.82. The highest BCUT2D eigenvalue weighted by molar-refractivity contribution is 6.36. The number of carbonyl (C=O) groups excluding carboxylic acids is 2.